The molecule has 0 bridgehead atoms. The van der Waals surface area contributed by atoms with Crippen LogP contribution in [0.15, 0.2) is 18.2 Å². The average molecular weight is 238 g/mol. The number of carbonyl (C=O) groups excluding carboxylic acids is 1. The summed E-state index contributed by atoms with van der Waals surface area (Å²) in [5.41, 5.74) is 6.00. The molecule has 3 nitrogen and oxygen atoms in total. The molecule has 16 heavy (non-hydrogen) atoms. The third kappa shape index (κ3) is 2.36. The van der Waals surface area contributed by atoms with E-state index in [0.717, 1.165) is 12.8 Å². The van der Waals surface area contributed by atoms with Gasteiger partial charge in [0.25, 0.3) is 0 Å². The van der Waals surface area contributed by atoms with E-state index in [1.165, 1.54) is 12.1 Å². The van der Waals surface area contributed by atoms with Gasteiger partial charge in [0.2, 0.25) is 5.91 Å². The van der Waals surface area contributed by atoms with E-state index in [1.807, 2.05) is 0 Å². The standard InChI is InChI=1S/C11H11FN2OS/c12-8-5-7(10(13)16)3-4-9(8)14-11(15)6-1-2-6/h3-6H,1-2H2,(H2,13,16)(H,14,15). The lowest BCUT2D eigenvalue weighted by atomic mass is 10.2. The van der Waals surface area contributed by atoms with Crippen molar-refractivity contribution in [3.8, 4) is 0 Å². The summed E-state index contributed by atoms with van der Waals surface area (Å²) in [7, 11) is 0. The highest BCUT2D eigenvalue weighted by Gasteiger charge is 2.29. The fourth-order valence-corrected chi connectivity index (χ4v) is 1.48. The Bertz CT molecular complexity index is 457. The van der Waals surface area contributed by atoms with Gasteiger partial charge in [-0.25, -0.2) is 4.39 Å². The van der Waals surface area contributed by atoms with E-state index in [4.69, 9.17) is 18.0 Å². The quantitative estimate of drug-likeness (QED) is 0.790. The number of rotatable bonds is 3. The number of nitrogens with two attached hydrogens (primary N) is 1. The lowest BCUT2D eigenvalue weighted by Gasteiger charge is -2.06. The first-order chi connectivity index (χ1) is 7.58. The Labute approximate surface area is 97.8 Å². The maximum Gasteiger partial charge on any atom is 0.227 e. The normalized spacial score (nSPS) is 14.6. The number of carbonyl (C=O) groups is 1. The van der Waals surface area contributed by atoms with Gasteiger partial charge in [-0.2, -0.15) is 0 Å². The molecule has 1 saturated carbocycles. The first-order valence-electron chi connectivity index (χ1n) is 4.98. The molecule has 0 atom stereocenters. The fourth-order valence-electron chi connectivity index (χ4n) is 1.35. The highest BCUT2D eigenvalue weighted by molar-refractivity contribution is 7.80. The average Bonchev–Trinajstić information content (AvgIpc) is 3.03. The summed E-state index contributed by atoms with van der Waals surface area (Å²) in [5.74, 6) is -0.587. The van der Waals surface area contributed by atoms with E-state index in [-0.39, 0.29) is 22.5 Å². The molecule has 1 aliphatic rings. The molecule has 0 unspecified atom stereocenters. The fraction of sp³-hybridized carbons (Fsp3) is 0.273. The smallest absolute Gasteiger partial charge is 0.227 e. The number of hydrogen-bond acceptors (Lipinski definition) is 2. The molecule has 0 heterocycles. The van der Waals surface area contributed by atoms with Gasteiger partial charge in [-0.3, -0.25) is 4.79 Å². The van der Waals surface area contributed by atoms with Crippen LogP contribution in [0.25, 0.3) is 0 Å². The third-order valence-corrected chi connectivity index (χ3v) is 2.70. The van der Waals surface area contributed by atoms with Crippen molar-refractivity contribution in [1.82, 2.24) is 0 Å². The molecule has 1 fully saturated rings. The minimum absolute atomic E-state index is 0.0506. The Morgan fingerprint density at radius 3 is 2.69 bits per heavy atom. The van der Waals surface area contributed by atoms with Crippen LogP contribution in [0.5, 0.6) is 0 Å². The first kappa shape index (κ1) is 11.0. The van der Waals surface area contributed by atoms with Crippen molar-refractivity contribution in [3.63, 3.8) is 0 Å². The van der Waals surface area contributed by atoms with Gasteiger partial charge in [0, 0.05) is 11.5 Å². The number of anilines is 1. The van der Waals surface area contributed by atoms with Gasteiger partial charge in [0.15, 0.2) is 0 Å². The van der Waals surface area contributed by atoms with Crippen LogP contribution in [0.2, 0.25) is 0 Å². The molecule has 5 heteroatoms. The largest absolute Gasteiger partial charge is 0.389 e. The van der Waals surface area contributed by atoms with E-state index in [2.05, 4.69) is 5.32 Å². The summed E-state index contributed by atoms with van der Waals surface area (Å²) in [5, 5.41) is 2.54. The summed E-state index contributed by atoms with van der Waals surface area (Å²) in [4.78, 5) is 11.6. The van der Waals surface area contributed by atoms with Gasteiger partial charge in [-0.15, -0.1) is 0 Å². The van der Waals surface area contributed by atoms with E-state index in [1.54, 1.807) is 6.07 Å². The maximum absolute atomic E-state index is 13.5. The Hall–Kier alpha value is -1.49. The number of halogens is 1. The Kier molecular flexibility index (Phi) is 2.87. The lowest BCUT2D eigenvalue weighted by Crippen LogP contribution is -2.15. The van der Waals surface area contributed by atoms with Crippen LogP contribution in [0, 0.1) is 11.7 Å². The van der Waals surface area contributed by atoms with Gasteiger partial charge in [0.1, 0.15) is 10.8 Å². The molecule has 1 aliphatic carbocycles. The molecule has 84 valence electrons. The zero-order chi connectivity index (χ0) is 11.7. The maximum atomic E-state index is 13.5. The van der Waals surface area contributed by atoms with Crippen LogP contribution < -0.4 is 11.1 Å². The third-order valence-electron chi connectivity index (χ3n) is 2.46. The molecule has 0 aromatic heterocycles. The molecular weight excluding hydrogens is 227 g/mol. The van der Waals surface area contributed by atoms with E-state index >= 15 is 0 Å². The minimum atomic E-state index is -0.515. The summed E-state index contributed by atoms with van der Waals surface area (Å²) in [6.07, 6.45) is 1.77. The lowest BCUT2D eigenvalue weighted by molar-refractivity contribution is -0.117. The molecule has 1 amide bonds. The molecule has 0 saturated heterocycles. The zero-order valence-corrected chi connectivity index (χ0v) is 9.31. The molecule has 0 spiro atoms. The Morgan fingerprint density at radius 2 is 2.19 bits per heavy atom. The van der Waals surface area contributed by atoms with Crippen LogP contribution in [-0.2, 0) is 4.79 Å². The van der Waals surface area contributed by atoms with Crippen molar-refractivity contribution < 1.29 is 9.18 Å². The second kappa shape index (κ2) is 4.17. The van der Waals surface area contributed by atoms with Crippen molar-refractivity contribution in [2.24, 2.45) is 11.7 Å². The summed E-state index contributed by atoms with van der Waals surface area (Å²) < 4.78 is 13.5. The first-order valence-corrected chi connectivity index (χ1v) is 5.39. The zero-order valence-electron chi connectivity index (χ0n) is 8.50. The van der Waals surface area contributed by atoms with Gasteiger partial charge in [-0.1, -0.05) is 12.2 Å². The van der Waals surface area contributed by atoms with Crippen molar-refractivity contribution in [3.05, 3.63) is 29.6 Å². The number of hydrogen-bond donors (Lipinski definition) is 2. The van der Waals surface area contributed by atoms with Gasteiger partial charge in [-0.05, 0) is 31.0 Å². The SMILES string of the molecule is NC(=S)c1ccc(NC(=O)C2CC2)c(F)c1. The number of thiocarbonyl (C=S) groups is 1. The Balaban J connectivity index is 2.15. The molecule has 0 radical (unpaired) electrons. The Morgan fingerprint density at radius 1 is 1.50 bits per heavy atom. The van der Waals surface area contributed by atoms with Crippen LogP contribution in [0.3, 0.4) is 0 Å². The molecule has 0 aliphatic heterocycles. The van der Waals surface area contributed by atoms with Crippen molar-refractivity contribution >= 4 is 28.8 Å². The highest BCUT2D eigenvalue weighted by atomic mass is 32.1. The van der Waals surface area contributed by atoms with E-state index in [0.29, 0.717) is 5.56 Å². The predicted molar refractivity (Wildman–Crippen MR) is 63.6 cm³/mol. The summed E-state index contributed by atoms with van der Waals surface area (Å²) in [6.45, 7) is 0. The molecule has 1 aromatic rings. The van der Waals surface area contributed by atoms with Crippen LogP contribution in [0.4, 0.5) is 10.1 Å². The summed E-state index contributed by atoms with van der Waals surface area (Å²) in [6, 6.07) is 4.29. The van der Waals surface area contributed by atoms with Crippen molar-refractivity contribution in [1.29, 1.82) is 0 Å². The van der Waals surface area contributed by atoms with Gasteiger partial charge < -0.3 is 11.1 Å². The monoisotopic (exact) mass is 238 g/mol. The van der Waals surface area contributed by atoms with E-state index in [9.17, 15) is 9.18 Å². The molecular formula is C11H11FN2OS. The number of benzene rings is 1. The van der Waals surface area contributed by atoms with Crippen LogP contribution >= 0.6 is 12.2 Å². The highest BCUT2D eigenvalue weighted by Crippen LogP contribution is 2.30. The van der Waals surface area contributed by atoms with Crippen molar-refractivity contribution in [2.45, 2.75) is 12.8 Å². The van der Waals surface area contributed by atoms with Gasteiger partial charge >= 0.3 is 0 Å². The second-order valence-electron chi connectivity index (χ2n) is 3.82. The van der Waals surface area contributed by atoms with E-state index < -0.39 is 5.82 Å². The predicted octanol–water partition coefficient (Wildman–Crippen LogP) is 1.81. The van der Waals surface area contributed by atoms with Crippen LogP contribution in [-0.4, -0.2) is 10.9 Å². The number of amides is 1. The summed E-state index contributed by atoms with van der Waals surface area (Å²) >= 11 is 4.73. The molecule has 2 rings (SSSR count). The van der Waals surface area contributed by atoms with Gasteiger partial charge in [0.05, 0.1) is 5.69 Å². The topological polar surface area (TPSA) is 55.1 Å². The second-order valence-corrected chi connectivity index (χ2v) is 4.26. The van der Waals surface area contributed by atoms with Crippen molar-refractivity contribution in [2.75, 3.05) is 5.32 Å². The molecule has 1 aromatic carbocycles. The molecule has 3 N–H and O–H groups in total. The minimum Gasteiger partial charge on any atom is -0.389 e. The number of nitrogens with one attached hydrogen (secondary N) is 1. The van der Waals surface area contributed by atoms with Crippen LogP contribution in [0.1, 0.15) is 18.4 Å².